The second kappa shape index (κ2) is 7.84. The monoisotopic (exact) mass is 303 g/mol. The van der Waals surface area contributed by atoms with Gasteiger partial charge in [0.15, 0.2) is 0 Å². The Morgan fingerprint density at radius 1 is 1.20 bits per heavy atom. The number of carbonyl (C=O) groups excluding carboxylic acids is 2. The van der Waals surface area contributed by atoms with Crippen LogP contribution in [0.3, 0.4) is 0 Å². The number of amides is 2. The van der Waals surface area contributed by atoms with Crippen molar-refractivity contribution >= 4 is 24.2 Å². The van der Waals surface area contributed by atoms with Crippen molar-refractivity contribution in [3.63, 3.8) is 0 Å². The van der Waals surface area contributed by atoms with Crippen LogP contribution >= 0.6 is 12.4 Å². The van der Waals surface area contributed by atoms with Gasteiger partial charge in [0.1, 0.15) is 6.04 Å². The minimum atomic E-state index is -0.238. The van der Waals surface area contributed by atoms with E-state index >= 15 is 0 Å². The molecule has 2 heterocycles. The molecule has 0 aromatic carbocycles. The third-order valence-electron chi connectivity index (χ3n) is 4.11. The third kappa shape index (κ3) is 3.85. The summed E-state index contributed by atoms with van der Waals surface area (Å²) in [6, 6.07) is -0.134. The van der Waals surface area contributed by atoms with E-state index in [1.54, 1.807) is 4.90 Å². The molecule has 0 aliphatic carbocycles. The predicted octanol–water partition coefficient (Wildman–Crippen LogP) is 1.15. The van der Waals surface area contributed by atoms with Crippen molar-refractivity contribution in [3.8, 4) is 0 Å². The summed E-state index contributed by atoms with van der Waals surface area (Å²) in [5.74, 6) is 0.237. The summed E-state index contributed by atoms with van der Waals surface area (Å²) in [5.41, 5.74) is 5.86. The molecule has 0 aromatic rings. The summed E-state index contributed by atoms with van der Waals surface area (Å²) in [4.78, 5) is 28.3. The van der Waals surface area contributed by atoms with Gasteiger partial charge in [-0.1, -0.05) is 6.92 Å². The van der Waals surface area contributed by atoms with Crippen LogP contribution in [0.4, 0.5) is 0 Å². The summed E-state index contributed by atoms with van der Waals surface area (Å²) in [6.45, 7) is 4.12. The van der Waals surface area contributed by atoms with Gasteiger partial charge in [-0.15, -0.1) is 12.4 Å². The molecule has 0 aromatic heterocycles. The molecule has 2 aliphatic rings. The molecule has 1 unspecified atom stereocenters. The van der Waals surface area contributed by atoms with Crippen LogP contribution in [0.25, 0.3) is 0 Å². The molecule has 2 amide bonds. The highest BCUT2D eigenvalue weighted by atomic mass is 35.5. The van der Waals surface area contributed by atoms with Crippen molar-refractivity contribution in [1.82, 2.24) is 9.80 Å². The van der Waals surface area contributed by atoms with Crippen LogP contribution in [-0.2, 0) is 9.59 Å². The van der Waals surface area contributed by atoms with Gasteiger partial charge in [0.2, 0.25) is 11.8 Å². The number of rotatable bonds is 3. The first-order chi connectivity index (χ1) is 9.13. The number of nitrogens with zero attached hydrogens (tertiary/aromatic N) is 2. The van der Waals surface area contributed by atoms with E-state index in [2.05, 4.69) is 0 Å². The smallest absolute Gasteiger partial charge is 0.245 e. The summed E-state index contributed by atoms with van der Waals surface area (Å²) < 4.78 is 0. The molecule has 0 spiro atoms. The SMILES string of the molecule is CCCC(=O)N1CCCCC1C(=O)N1CC[C@@H](N)C1.Cl. The van der Waals surface area contributed by atoms with E-state index in [1.165, 1.54) is 0 Å². The Labute approximate surface area is 127 Å². The lowest BCUT2D eigenvalue weighted by atomic mass is 10.00. The zero-order valence-corrected chi connectivity index (χ0v) is 13.0. The Kier molecular flexibility index (Phi) is 6.76. The van der Waals surface area contributed by atoms with Crippen molar-refractivity contribution in [2.75, 3.05) is 19.6 Å². The van der Waals surface area contributed by atoms with E-state index in [-0.39, 0.29) is 36.3 Å². The molecular formula is C14H26ClN3O2. The Morgan fingerprint density at radius 3 is 2.55 bits per heavy atom. The van der Waals surface area contributed by atoms with Gasteiger partial charge in [0.05, 0.1) is 0 Å². The van der Waals surface area contributed by atoms with Crippen molar-refractivity contribution in [1.29, 1.82) is 0 Å². The van der Waals surface area contributed by atoms with Gasteiger partial charge >= 0.3 is 0 Å². The minimum Gasteiger partial charge on any atom is -0.339 e. The van der Waals surface area contributed by atoms with E-state index in [4.69, 9.17) is 5.73 Å². The van der Waals surface area contributed by atoms with E-state index in [1.807, 2.05) is 11.8 Å². The molecule has 0 radical (unpaired) electrons. The molecule has 2 N–H and O–H groups in total. The Balaban J connectivity index is 0.00000200. The van der Waals surface area contributed by atoms with Crippen LogP contribution in [0, 0.1) is 0 Å². The first-order valence-electron chi connectivity index (χ1n) is 7.47. The van der Waals surface area contributed by atoms with E-state index in [0.717, 1.165) is 45.2 Å². The number of hydrogen-bond donors (Lipinski definition) is 1. The normalized spacial score (nSPS) is 26.3. The van der Waals surface area contributed by atoms with E-state index in [9.17, 15) is 9.59 Å². The molecular weight excluding hydrogens is 278 g/mol. The van der Waals surface area contributed by atoms with Gasteiger partial charge in [-0.2, -0.15) is 0 Å². The van der Waals surface area contributed by atoms with Crippen LogP contribution in [0.1, 0.15) is 45.4 Å². The lowest BCUT2D eigenvalue weighted by Crippen LogP contribution is -2.52. The zero-order valence-electron chi connectivity index (χ0n) is 12.2. The lowest BCUT2D eigenvalue weighted by Gasteiger charge is -2.36. The number of nitrogens with two attached hydrogens (primary N) is 1. The van der Waals surface area contributed by atoms with Gasteiger partial charge in [-0.25, -0.2) is 0 Å². The number of halogens is 1. The van der Waals surface area contributed by atoms with E-state index in [0.29, 0.717) is 13.0 Å². The first-order valence-corrected chi connectivity index (χ1v) is 7.47. The second-order valence-corrected chi connectivity index (χ2v) is 5.68. The van der Waals surface area contributed by atoms with Gasteiger partial charge in [-0.3, -0.25) is 9.59 Å². The summed E-state index contributed by atoms with van der Waals surface area (Å²) in [5, 5.41) is 0. The Morgan fingerprint density at radius 2 is 1.95 bits per heavy atom. The number of likely N-dealkylation sites (tertiary alicyclic amines) is 2. The molecule has 2 fully saturated rings. The van der Waals surface area contributed by atoms with Gasteiger partial charge < -0.3 is 15.5 Å². The maximum Gasteiger partial charge on any atom is 0.245 e. The molecule has 116 valence electrons. The van der Waals surface area contributed by atoms with Gasteiger partial charge in [0, 0.05) is 32.1 Å². The van der Waals surface area contributed by atoms with Gasteiger partial charge in [-0.05, 0) is 32.1 Å². The van der Waals surface area contributed by atoms with Crippen LogP contribution in [-0.4, -0.2) is 53.3 Å². The third-order valence-corrected chi connectivity index (χ3v) is 4.11. The fourth-order valence-electron chi connectivity index (χ4n) is 3.04. The minimum absolute atomic E-state index is 0. The summed E-state index contributed by atoms with van der Waals surface area (Å²) in [7, 11) is 0. The predicted molar refractivity (Wildman–Crippen MR) is 80.7 cm³/mol. The molecule has 0 bridgehead atoms. The molecule has 0 saturated carbocycles. The van der Waals surface area contributed by atoms with Crippen LogP contribution in [0.15, 0.2) is 0 Å². The maximum absolute atomic E-state index is 12.5. The van der Waals surface area contributed by atoms with Crippen molar-refractivity contribution in [3.05, 3.63) is 0 Å². The highest BCUT2D eigenvalue weighted by Crippen LogP contribution is 2.22. The highest BCUT2D eigenvalue weighted by Gasteiger charge is 2.36. The maximum atomic E-state index is 12.5. The van der Waals surface area contributed by atoms with Crippen molar-refractivity contribution in [2.45, 2.75) is 57.5 Å². The van der Waals surface area contributed by atoms with Gasteiger partial charge in [0.25, 0.3) is 0 Å². The summed E-state index contributed by atoms with van der Waals surface area (Å²) in [6.07, 6.45) is 5.11. The average molecular weight is 304 g/mol. The topological polar surface area (TPSA) is 66.6 Å². The number of piperidine rings is 1. The first kappa shape index (κ1) is 17.2. The lowest BCUT2D eigenvalue weighted by molar-refractivity contribution is -0.147. The standard InChI is InChI=1S/C14H25N3O2.ClH/c1-2-5-13(18)17-8-4-3-6-12(17)14(19)16-9-7-11(15)10-16;/h11-12H,2-10,15H2,1H3;1H/t11-,12?;/m1./s1. The molecule has 20 heavy (non-hydrogen) atoms. The second-order valence-electron chi connectivity index (χ2n) is 5.68. The van der Waals surface area contributed by atoms with Crippen LogP contribution in [0.5, 0.6) is 0 Å². The molecule has 5 nitrogen and oxygen atoms in total. The van der Waals surface area contributed by atoms with E-state index < -0.39 is 0 Å². The molecule has 2 saturated heterocycles. The average Bonchev–Trinajstić information content (AvgIpc) is 2.85. The molecule has 2 rings (SSSR count). The molecule has 6 heteroatoms. The number of carbonyl (C=O) groups is 2. The zero-order chi connectivity index (χ0) is 13.8. The molecule has 2 aliphatic heterocycles. The Hall–Kier alpha value is -0.810. The highest BCUT2D eigenvalue weighted by molar-refractivity contribution is 5.88. The largest absolute Gasteiger partial charge is 0.339 e. The fraction of sp³-hybridized carbons (Fsp3) is 0.857. The van der Waals surface area contributed by atoms with Crippen LogP contribution in [0.2, 0.25) is 0 Å². The quantitative estimate of drug-likeness (QED) is 0.850. The van der Waals surface area contributed by atoms with Crippen LogP contribution < -0.4 is 5.73 Å². The number of hydrogen-bond acceptors (Lipinski definition) is 3. The summed E-state index contributed by atoms with van der Waals surface area (Å²) >= 11 is 0. The Bertz CT molecular complexity index is 351. The van der Waals surface area contributed by atoms with Crippen molar-refractivity contribution < 1.29 is 9.59 Å². The fourth-order valence-corrected chi connectivity index (χ4v) is 3.04. The van der Waals surface area contributed by atoms with Crippen molar-refractivity contribution in [2.24, 2.45) is 5.73 Å². The molecule has 2 atom stereocenters.